The highest BCUT2D eigenvalue weighted by Crippen LogP contribution is 2.42. The van der Waals surface area contributed by atoms with Gasteiger partial charge in [-0.05, 0) is 70.8 Å². The first-order chi connectivity index (χ1) is 21.9. The van der Waals surface area contributed by atoms with Crippen molar-refractivity contribution < 1.29 is 4.42 Å². The van der Waals surface area contributed by atoms with E-state index in [-0.39, 0.29) is 0 Å². The van der Waals surface area contributed by atoms with Crippen LogP contribution in [0, 0.1) is 6.92 Å². The van der Waals surface area contributed by atoms with Gasteiger partial charge in [0.15, 0.2) is 0 Å². The molecule has 0 aliphatic rings. The number of furan rings is 1. The first-order valence-corrected chi connectivity index (χ1v) is 15.8. The molecule has 0 fully saturated rings. The molecule has 8 aromatic rings. The van der Waals surface area contributed by atoms with Crippen molar-refractivity contribution in [1.29, 1.82) is 0 Å². The molecule has 220 valence electrons. The van der Waals surface area contributed by atoms with E-state index in [1.807, 2.05) is 12.3 Å². The van der Waals surface area contributed by atoms with Gasteiger partial charge in [0.2, 0.25) is 0 Å². The maximum absolute atomic E-state index is 6.80. The molecule has 3 aromatic heterocycles. The molecule has 0 bridgehead atoms. The normalized spacial score (nSPS) is 12.1. The lowest BCUT2D eigenvalue weighted by Crippen LogP contribution is -2.08. The highest BCUT2D eigenvalue weighted by molar-refractivity contribution is 6.11. The lowest BCUT2D eigenvalue weighted by molar-refractivity contribution is 0.669. The molecular weight excluding hydrogens is 550 g/mol. The Balaban J connectivity index is 1.47. The molecule has 0 atom stereocenters. The number of para-hydroxylation sites is 3. The molecule has 0 aliphatic carbocycles. The number of imidazole rings is 1. The molecule has 0 spiro atoms. The third-order valence-corrected chi connectivity index (χ3v) is 9.16. The molecule has 0 radical (unpaired) electrons. The van der Waals surface area contributed by atoms with Crippen molar-refractivity contribution in [3.8, 4) is 28.2 Å². The van der Waals surface area contributed by atoms with Crippen molar-refractivity contribution >= 4 is 43.9 Å². The average molecular weight is 586 g/mol. The number of hydrogen-bond donors (Lipinski definition) is 0. The van der Waals surface area contributed by atoms with Gasteiger partial charge in [-0.1, -0.05) is 107 Å². The Morgan fingerprint density at radius 1 is 0.667 bits per heavy atom. The van der Waals surface area contributed by atoms with Crippen molar-refractivity contribution in [3.05, 3.63) is 126 Å². The van der Waals surface area contributed by atoms with Crippen LogP contribution in [0.15, 0.2) is 114 Å². The van der Waals surface area contributed by atoms with Gasteiger partial charge in [0.05, 0.1) is 28.5 Å². The molecule has 0 saturated heterocycles. The number of pyridine rings is 1. The van der Waals surface area contributed by atoms with Crippen LogP contribution < -0.4 is 0 Å². The fourth-order valence-corrected chi connectivity index (χ4v) is 6.88. The van der Waals surface area contributed by atoms with Crippen LogP contribution in [0.5, 0.6) is 0 Å². The third kappa shape index (κ3) is 4.27. The average Bonchev–Trinajstić information content (AvgIpc) is 3.63. The van der Waals surface area contributed by atoms with Gasteiger partial charge in [0.25, 0.3) is 0 Å². The summed E-state index contributed by atoms with van der Waals surface area (Å²) in [6, 6.07) is 36.5. The highest BCUT2D eigenvalue weighted by Gasteiger charge is 2.25. The Labute approximate surface area is 263 Å². The summed E-state index contributed by atoms with van der Waals surface area (Å²) in [5.74, 6) is 1.50. The van der Waals surface area contributed by atoms with E-state index in [0.717, 1.165) is 60.8 Å². The number of fused-ring (bicyclic) bond motifs is 6. The van der Waals surface area contributed by atoms with Crippen LogP contribution in [-0.4, -0.2) is 14.5 Å². The zero-order chi connectivity index (χ0) is 30.8. The molecule has 5 aromatic carbocycles. The van der Waals surface area contributed by atoms with E-state index in [1.165, 1.54) is 27.9 Å². The Hall–Kier alpha value is -5.22. The van der Waals surface area contributed by atoms with Gasteiger partial charge in [-0.2, -0.15) is 0 Å². The van der Waals surface area contributed by atoms with Gasteiger partial charge in [0, 0.05) is 16.2 Å². The first-order valence-electron chi connectivity index (χ1n) is 15.8. The number of nitrogens with zero attached hydrogens (tertiary/aromatic N) is 3. The predicted octanol–water partition coefficient (Wildman–Crippen LogP) is 11.4. The number of aromatic nitrogens is 3. The van der Waals surface area contributed by atoms with Gasteiger partial charge in [-0.25, -0.2) is 4.98 Å². The Morgan fingerprint density at radius 3 is 2.13 bits per heavy atom. The summed E-state index contributed by atoms with van der Waals surface area (Å²) in [4.78, 5) is 10.4. The summed E-state index contributed by atoms with van der Waals surface area (Å²) < 4.78 is 9.15. The van der Waals surface area contributed by atoms with E-state index < -0.39 is 0 Å². The fourth-order valence-electron chi connectivity index (χ4n) is 6.88. The molecule has 0 amide bonds. The van der Waals surface area contributed by atoms with Crippen LogP contribution in [0.2, 0.25) is 0 Å². The van der Waals surface area contributed by atoms with Gasteiger partial charge in [-0.15, -0.1) is 0 Å². The van der Waals surface area contributed by atoms with E-state index in [2.05, 4.69) is 136 Å². The Bertz CT molecular complexity index is 2380. The van der Waals surface area contributed by atoms with Crippen LogP contribution >= 0.6 is 0 Å². The quantitative estimate of drug-likeness (QED) is 0.202. The monoisotopic (exact) mass is 585 g/mol. The molecule has 3 heterocycles. The SMILES string of the molecule is Cc1ccccc1-c1ccc2c(c1)oc1c(-c3nc4c5ccccc5ncc4n3-c3c(C(C)C)cccc3C(C)C)cccc12. The highest BCUT2D eigenvalue weighted by atomic mass is 16.3. The van der Waals surface area contributed by atoms with E-state index in [4.69, 9.17) is 14.4 Å². The molecule has 0 saturated carbocycles. The van der Waals surface area contributed by atoms with Crippen LogP contribution in [-0.2, 0) is 0 Å². The molecule has 4 heteroatoms. The van der Waals surface area contributed by atoms with E-state index in [1.54, 1.807) is 0 Å². The number of hydrogen-bond acceptors (Lipinski definition) is 3. The van der Waals surface area contributed by atoms with E-state index in [9.17, 15) is 0 Å². The molecule has 45 heavy (non-hydrogen) atoms. The van der Waals surface area contributed by atoms with Crippen molar-refractivity contribution in [2.75, 3.05) is 0 Å². The van der Waals surface area contributed by atoms with Crippen LogP contribution in [0.25, 0.3) is 72.1 Å². The first kappa shape index (κ1) is 27.3. The van der Waals surface area contributed by atoms with Crippen molar-refractivity contribution in [2.45, 2.75) is 46.5 Å². The molecule has 4 nitrogen and oxygen atoms in total. The lowest BCUT2D eigenvalue weighted by Gasteiger charge is -2.22. The second kappa shape index (κ2) is 10.4. The van der Waals surface area contributed by atoms with Gasteiger partial charge >= 0.3 is 0 Å². The fraction of sp³-hybridized carbons (Fsp3) is 0.171. The summed E-state index contributed by atoms with van der Waals surface area (Å²) in [5, 5.41) is 3.23. The number of rotatable bonds is 5. The summed E-state index contributed by atoms with van der Waals surface area (Å²) in [6.45, 7) is 11.2. The van der Waals surface area contributed by atoms with Crippen molar-refractivity contribution in [2.24, 2.45) is 0 Å². The molecule has 0 N–H and O–H groups in total. The zero-order valence-corrected chi connectivity index (χ0v) is 26.3. The van der Waals surface area contributed by atoms with Crippen LogP contribution in [0.4, 0.5) is 0 Å². The zero-order valence-electron chi connectivity index (χ0n) is 26.3. The number of benzene rings is 5. The van der Waals surface area contributed by atoms with Crippen molar-refractivity contribution in [1.82, 2.24) is 14.5 Å². The second-order valence-corrected chi connectivity index (χ2v) is 12.7. The minimum Gasteiger partial charge on any atom is -0.455 e. The second-order valence-electron chi connectivity index (χ2n) is 12.7. The van der Waals surface area contributed by atoms with Gasteiger partial charge in [0.1, 0.15) is 22.5 Å². The standard InChI is InChI=1S/C41H35N3O/c1-24(2)28-15-10-16-29(25(3)4)39(28)44-36-23-42-35-19-9-8-14-33(35)38(36)43-41(44)34-18-11-17-32-31-21-20-27(22-37(31)45-40(32)34)30-13-7-6-12-26(30)5/h6-25H,1-5H3. The Kier molecular flexibility index (Phi) is 6.35. The predicted molar refractivity (Wildman–Crippen MR) is 187 cm³/mol. The van der Waals surface area contributed by atoms with Gasteiger partial charge in [-0.3, -0.25) is 9.55 Å². The van der Waals surface area contributed by atoms with Crippen LogP contribution in [0.3, 0.4) is 0 Å². The summed E-state index contributed by atoms with van der Waals surface area (Å²) in [6.07, 6.45) is 1.99. The number of aryl methyl sites for hydroxylation is 1. The Morgan fingerprint density at radius 2 is 1.36 bits per heavy atom. The van der Waals surface area contributed by atoms with E-state index >= 15 is 0 Å². The molecule has 0 unspecified atom stereocenters. The lowest BCUT2D eigenvalue weighted by atomic mass is 9.92. The maximum atomic E-state index is 6.80. The third-order valence-electron chi connectivity index (χ3n) is 9.16. The molecule has 8 rings (SSSR count). The smallest absolute Gasteiger partial charge is 0.149 e. The molecule has 0 aliphatic heterocycles. The van der Waals surface area contributed by atoms with Gasteiger partial charge < -0.3 is 4.42 Å². The van der Waals surface area contributed by atoms with Crippen LogP contribution in [0.1, 0.15) is 56.2 Å². The summed E-state index contributed by atoms with van der Waals surface area (Å²) >= 11 is 0. The molecular formula is C41H35N3O. The minimum absolute atomic E-state index is 0.319. The largest absolute Gasteiger partial charge is 0.455 e. The van der Waals surface area contributed by atoms with E-state index in [0.29, 0.717) is 11.8 Å². The summed E-state index contributed by atoms with van der Waals surface area (Å²) in [5.41, 5.74) is 12.9. The maximum Gasteiger partial charge on any atom is 0.149 e. The summed E-state index contributed by atoms with van der Waals surface area (Å²) in [7, 11) is 0. The topological polar surface area (TPSA) is 43.9 Å². The minimum atomic E-state index is 0.319. The van der Waals surface area contributed by atoms with Crippen molar-refractivity contribution in [3.63, 3.8) is 0 Å².